The van der Waals surface area contributed by atoms with Gasteiger partial charge in [0.05, 0.1) is 32.4 Å². The molecule has 2 aliphatic rings. The molecule has 4 rings (SSSR count). The van der Waals surface area contributed by atoms with E-state index in [1.165, 1.54) is 9.91 Å². The van der Waals surface area contributed by atoms with E-state index in [2.05, 4.69) is 11.2 Å². The van der Waals surface area contributed by atoms with Crippen molar-refractivity contribution < 1.29 is 18.8 Å². The van der Waals surface area contributed by atoms with E-state index in [-0.39, 0.29) is 44.0 Å². The van der Waals surface area contributed by atoms with Crippen molar-refractivity contribution in [3.8, 4) is 12.3 Å². The summed E-state index contributed by atoms with van der Waals surface area (Å²) >= 11 is 0. The summed E-state index contributed by atoms with van der Waals surface area (Å²) in [6, 6.07) is 12.0. The van der Waals surface area contributed by atoms with Gasteiger partial charge in [0, 0.05) is 6.54 Å². The molecule has 2 fully saturated rings. The van der Waals surface area contributed by atoms with Crippen LogP contribution in [0.1, 0.15) is 18.2 Å². The van der Waals surface area contributed by atoms with Crippen LogP contribution in [0.2, 0.25) is 0 Å². The zero-order valence-corrected chi connectivity index (χ0v) is 17.8. The van der Waals surface area contributed by atoms with Crippen LogP contribution in [-0.4, -0.2) is 69.5 Å². The minimum Gasteiger partial charge on any atom is -0.467 e. The Morgan fingerprint density at radius 1 is 1.22 bits per heavy atom. The topological polar surface area (TPSA) is 89.3 Å². The van der Waals surface area contributed by atoms with Crippen molar-refractivity contribution in [3.05, 3.63) is 60.1 Å². The Kier molecular flexibility index (Phi) is 6.14. The van der Waals surface area contributed by atoms with Gasteiger partial charge in [-0.25, -0.2) is 9.80 Å². The number of urea groups is 1. The molecular weight excluding hydrogens is 410 g/mol. The van der Waals surface area contributed by atoms with Crippen LogP contribution in [0.4, 0.5) is 4.79 Å². The van der Waals surface area contributed by atoms with Gasteiger partial charge >= 0.3 is 6.03 Å². The molecule has 4 amide bonds. The summed E-state index contributed by atoms with van der Waals surface area (Å²) in [7, 11) is 0. The average Bonchev–Trinajstić information content (AvgIpc) is 3.29. The molecule has 9 nitrogen and oxygen atoms in total. The van der Waals surface area contributed by atoms with Gasteiger partial charge in [-0.1, -0.05) is 36.3 Å². The molecule has 2 saturated heterocycles. The molecule has 0 aliphatic carbocycles. The third-order valence-corrected chi connectivity index (χ3v) is 5.68. The minimum absolute atomic E-state index is 0.0741. The summed E-state index contributed by atoms with van der Waals surface area (Å²) in [5, 5.41) is 5.94. The van der Waals surface area contributed by atoms with E-state index >= 15 is 0 Å². The van der Waals surface area contributed by atoms with E-state index in [4.69, 9.17) is 10.8 Å². The molecule has 1 N–H and O–H groups in total. The van der Waals surface area contributed by atoms with Crippen molar-refractivity contribution in [3.63, 3.8) is 0 Å². The SMILES string of the molecule is C#CCN1CC(=O)N2[C@@H](C)C(=O)N(Cc3ccco3)C[C@@H]2N1C(=O)NCc1ccccc1. The normalized spacial score (nSPS) is 21.3. The molecule has 2 atom stereocenters. The summed E-state index contributed by atoms with van der Waals surface area (Å²) in [6.45, 7) is 2.42. The smallest absolute Gasteiger partial charge is 0.334 e. The Morgan fingerprint density at radius 2 is 2.00 bits per heavy atom. The fourth-order valence-electron chi connectivity index (χ4n) is 4.19. The summed E-state index contributed by atoms with van der Waals surface area (Å²) in [5.41, 5.74) is 0.945. The second-order valence-corrected chi connectivity index (χ2v) is 7.77. The number of terminal acetylenes is 1. The number of hydrogen-bond acceptors (Lipinski definition) is 5. The third kappa shape index (κ3) is 4.18. The highest BCUT2D eigenvalue weighted by atomic mass is 16.3. The fourth-order valence-corrected chi connectivity index (χ4v) is 4.19. The van der Waals surface area contributed by atoms with Crippen molar-refractivity contribution in [2.75, 3.05) is 19.6 Å². The van der Waals surface area contributed by atoms with Crippen molar-refractivity contribution in [2.45, 2.75) is 32.2 Å². The monoisotopic (exact) mass is 435 g/mol. The van der Waals surface area contributed by atoms with Gasteiger partial charge in [0.2, 0.25) is 11.8 Å². The highest BCUT2D eigenvalue weighted by Gasteiger charge is 2.49. The molecule has 1 aromatic carbocycles. The number of furan rings is 1. The lowest BCUT2D eigenvalue weighted by atomic mass is 10.1. The molecule has 32 heavy (non-hydrogen) atoms. The lowest BCUT2D eigenvalue weighted by molar-refractivity contribution is -0.188. The van der Waals surface area contributed by atoms with Crippen LogP contribution >= 0.6 is 0 Å². The van der Waals surface area contributed by atoms with Crippen molar-refractivity contribution in [1.29, 1.82) is 0 Å². The molecule has 0 radical (unpaired) electrons. The number of hydrogen-bond donors (Lipinski definition) is 1. The van der Waals surface area contributed by atoms with Crippen LogP contribution in [0.15, 0.2) is 53.1 Å². The first-order valence-corrected chi connectivity index (χ1v) is 10.4. The van der Waals surface area contributed by atoms with E-state index in [9.17, 15) is 14.4 Å². The molecule has 0 bridgehead atoms. The lowest BCUT2D eigenvalue weighted by Crippen LogP contribution is -2.75. The lowest BCUT2D eigenvalue weighted by Gasteiger charge is -2.54. The number of benzene rings is 1. The van der Waals surface area contributed by atoms with E-state index in [0.29, 0.717) is 12.3 Å². The molecule has 0 spiro atoms. The second-order valence-electron chi connectivity index (χ2n) is 7.77. The number of nitrogens with one attached hydrogen (secondary N) is 1. The third-order valence-electron chi connectivity index (χ3n) is 5.68. The van der Waals surface area contributed by atoms with Gasteiger partial charge in [-0.15, -0.1) is 6.42 Å². The average molecular weight is 435 g/mol. The highest BCUT2D eigenvalue weighted by molar-refractivity contribution is 5.91. The number of fused-ring (bicyclic) bond motifs is 1. The molecular formula is C23H25N5O4. The number of hydrazine groups is 1. The first-order chi connectivity index (χ1) is 15.5. The Hall–Kier alpha value is -3.77. The molecule has 9 heteroatoms. The largest absolute Gasteiger partial charge is 0.467 e. The summed E-state index contributed by atoms with van der Waals surface area (Å²) in [6.07, 6.45) is 6.38. The van der Waals surface area contributed by atoms with Gasteiger partial charge in [0.15, 0.2) is 0 Å². The van der Waals surface area contributed by atoms with Gasteiger partial charge in [0.1, 0.15) is 18.0 Å². The standard InChI is InChI=1S/C23H25N5O4/c1-3-11-26-16-21(29)27-17(2)22(30)25(14-19-10-7-12-32-19)15-20(27)28(26)23(31)24-13-18-8-5-4-6-9-18/h1,4-10,12,17,20H,11,13-16H2,2H3,(H,24,31)/t17-,20-/m0/s1. The zero-order valence-electron chi connectivity index (χ0n) is 17.8. The summed E-state index contributed by atoms with van der Waals surface area (Å²) < 4.78 is 5.39. The van der Waals surface area contributed by atoms with E-state index in [1.807, 2.05) is 30.3 Å². The number of amides is 4. The number of piperazine rings is 1. The maximum absolute atomic E-state index is 13.3. The number of carbonyl (C=O) groups excluding carboxylic acids is 3. The van der Waals surface area contributed by atoms with Gasteiger partial charge in [-0.3, -0.25) is 9.59 Å². The first kappa shape index (κ1) is 21.5. The zero-order chi connectivity index (χ0) is 22.7. The second kappa shape index (κ2) is 9.16. The Morgan fingerprint density at radius 3 is 2.69 bits per heavy atom. The van der Waals surface area contributed by atoms with Crippen LogP contribution in [-0.2, 0) is 22.7 Å². The molecule has 2 aliphatic heterocycles. The number of nitrogens with zero attached hydrogens (tertiary/aromatic N) is 4. The quantitative estimate of drug-likeness (QED) is 0.714. The minimum atomic E-state index is -0.714. The van der Waals surface area contributed by atoms with Gasteiger partial charge in [0.25, 0.3) is 0 Å². The van der Waals surface area contributed by atoms with Crippen LogP contribution in [0.25, 0.3) is 0 Å². The molecule has 0 saturated carbocycles. The Balaban J connectivity index is 1.59. The van der Waals surface area contributed by atoms with Crippen molar-refractivity contribution in [1.82, 2.24) is 25.1 Å². The van der Waals surface area contributed by atoms with E-state index < -0.39 is 12.2 Å². The molecule has 166 valence electrons. The molecule has 1 aromatic heterocycles. The first-order valence-electron chi connectivity index (χ1n) is 10.4. The Bertz CT molecular complexity index is 1020. The van der Waals surface area contributed by atoms with Crippen LogP contribution in [0.3, 0.4) is 0 Å². The maximum atomic E-state index is 13.3. The van der Waals surface area contributed by atoms with Gasteiger partial charge in [-0.05, 0) is 24.6 Å². The van der Waals surface area contributed by atoms with Crippen molar-refractivity contribution >= 4 is 17.8 Å². The summed E-state index contributed by atoms with van der Waals surface area (Å²) in [4.78, 5) is 42.2. The van der Waals surface area contributed by atoms with Crippen LogP contribution in [0, 0.1) is 12.3 Å². The van der Waals surface area contributed by atoms with Crippen molar-refractivity contribution in [2.24, 2.45) is 0 Å². The predicted octanol–water partition coefficient (Wildman–Crippen LogP) is 1.24. The van der Waals surface area contributed by atoms with Gasteiger partial charge in [-0.2, -0.15) is 5.01 Å². The molecule has 3 heterocycles. The maximum Gasteiger partial charge on any atom is 0.334 e. The summed E-state index contributed by atoms with van der Waals surface area (Å²) in [5.74, 6) is 2.71. The highest BCUT2D eigenvalue weighted by Crippen LogP contribution is 2.27. The van der Waals surface area contributed by atoms with Gasteiger partial charge < -0.3 is 19.5 Å². The van der Waals surface area contributed by atoms with E-state index in [0.717, 1.165) is 5.56 Å². The van der Waals surface area contributed by atoms with Crippen LogP contribution in [0.5, 0.6) is 0 Å². The predicted molar refractivity (Wildman–Crippen MR) is 115 cm³/mol. The number of rotatable bonds is 5. The molecule has 0 unspecified atom stereocenters. The number of carbonyl (C=O) groups is 3. The fraction of sp³-hybridized carbons (Fsp3) is 0.348. The van der Waals surface area contributed by atoms with E-state index in [1.54, 1.807) is 35.2 Å². The Labute approximate surface area is 186 Å². The van der Waals surface area contributed by atoms with Crippen LogP contribution < -0.4 is 5.32 Å². The molecule has 2 aromatic rings.